The second-order valence-corrected chi connectivity index (χ2v) is 4.79. The minimum absolute atomic E-state index is 0.156. The number of primary amides is 1. The highest BCUT2D eigenvalue weighted by molar-refractivity contribution is 6.03. The van der Waals surface area contributed by atoms with E-state index in [0.717, 1.165) is 11.1 Å². The van der Waals surface area contributed by atoms with Gasteiger partial charge in [-0.25, -0.2) is 4.98 Å². The van der Waals surface area contributed by atoms with Crippen LogP contribution in [0.2, 0.25) is 0 Å². The second kappa shape index (κ2) is 5.69. The summed E-state index contributed by atoms with van der Waals surface area (Å²) in [4.78, 5) is 27.5. The lowest BCUT2D eigenvalue weighted by molar-refractivity contribution is -0.115. The number of oxazole rings is 1. The number of nitrogens with zero attached hydrogens (tertiary/aromatic N) is 1. The van der Waals surface area contributed by atoms with Crippen LogP contribution >= 0.6 is 0 Å². The monoisotopic (exact) mass is 295 g/mol. The third kappa shape index (κ3) is 2.80. The zero-order valence-corrected chi connectivity index (χ0v) is 11.6. The molecule has 0 aliphatic rings. The van der Waals surface area contributed by atoms with E-state index >= 15 is 0 Å². The number of benzene rings is 2. The normalized spacial score (nSPS) is 10.5. The number of para-hydroxylation sites is 1. The molecule has 3 rings (SSSR count). The van der Waals surface area contributed by atoms with E-state index in [0.29, 0.717) is 11.3 Å². The van der Waals surface area contributed by atoms with E-state index in [1.165, 1.54) is 6.39 Å². The molecule has 1 aromatic heterocycles. The maximum atomic E-state index is 12.1. The fraction of sp³-hybridized carbons (Fsp3) is 0.0625. The van der Waals surface area contributed by atoms with Gasteiger partial charge >= 0.3 is 0 Å². The lowest BCUT2D eigenvalue weighted by Crippen LogP contribution is -2.19. The molecule has 3 N–H and O–H groups in total. The van der Waals surface area contributed by atoms with Crippen LogP contribution in [0.5, 0.6) is 0 Å². The van der Waals surface area contributed by atoms with Crippen molar-refractivity contribution in [2.45, 2.75) is 6.42 Å². The van der Waals surface area contributed by atoms with E-state index < -0.39 is 5.91 Å². The highest BCUT2D eigenvalue weighted by Gasteiger charge is 2.11. The fourth-order valence-corrected chi connectivity index (χ4v) is 2.20. The van der Waals surface area contributed by atoms with Gasteiger partial charge in [0.2, 0.25) is 5.91 Å². The Morgan fingerprint density at radius 1 is 1.18 bits per heavy atom. The van der Waals surface area contributed by atoms with Crippen molar-refractivity contribution in [3.8, 4) is 0 Å². The van der Waals surface area contributed by atoms with Crippen LogP contribution in [0.3, 0.4) is 0 Å². The van der Waals surface area contributed by atoms with Gasteiger partial charge in [-0.2, -0.15) is 0 Å². The van der Waals surface area contributed by atoms with Crippen molar-refractivity contribution in [3.05, 3.63) is 60.0 Å². The molecule has 0 bridgehead atoms. The first-order valence-electron chi connectivity index (χ1n) is 6.64. The van der Waals surface area contributed by atoms with Crippen molar-refractivity contribution in [3.63, 3.8) is 0 Å². The summed E-state index contributed by atoms with van der Waals surface area (Å²) in [5.41, 5.74) is 8.12. The minimum Gasteiger partial charge on any atom is -0.443 e. The van der Waals surface area contributed by atoms with Gasteiger partial charge in [0, 0.05) is 0 Å². The molecule has 0 saturated carbocycles. The van der Waals surface area contributed by atoms with Gasteiger partial charge in [-0.1, -0.05) is 18.2 Å². The Labute approximate surface area is 125 Å². The molecule has 6 nitrogen and oxygen atoms in total. The van der Waals surface area contributed by atoms with Crippen LogP contribution in [0.15, 0.2) is 53.3 Å². The number of nitrogens with two attached hydrogens (primary N) is 1. The molecule has 0 saturated heterocycles. The maximum Gasteiger partial charge on any atom is 0.250 e. The van der Waals surface area contributed by atoms with Crippen LogP contribution in [-0.2, 0) is 11.2 Å². The van der Waals surface area contributed by atoms with Crippen LogP contribution in [-0.4, -0.2) is 16.8 Å². The Bertz CT molecular complexity index is 854. The molecule has 2 amide bonds. The molecule has 1 heterocycles. The van der Waals surface area contributed by atoms with E-state index in [9.17, 15) is 9.59 Å². The number of anilines is 1. The van der Waals surface area contributed by atoms with Crippen molar-refractivity contribution in [1.29, 1.82) is 0 Å². The van der Waals surface area contributed by atoms with Gasteiger partial charge < -0.3 is 15.5 Å². The van der Waals surface area contributed by atoms with E-state index in [2.05, 4.69) is 10.3 Å². The summed E-state index contributed by atoms with van der Waals surface area (Å²) in [6.45, 7) is 0. The van der Waals surface area contributed by atoms with E-state index in [1.807, 2.05) is 6.07 Å². The van der Waals surface area contributed by atoms with Gasteiger partial charge in [0.25, 0.3) is 5.91 Å². The van der Waals surface area contributed by atoms with E-state index in [-0.39, 0.29) is 17.9 Å². The molecule has 6 heteroatoms. The number of fused-ring (bicyclic) bond motifs is 1. The van der Waals surface area contributed by atoms with Crippen molar-refractivity contribution < 1.29 is 14.0 Å². The first-order chi connectivity index (χ1) is 10.6. The number of carbonyl (C=O) groups is 2. The van der Waals surface area contributed by atoms with Gasteiger partial charge in [-0.3, -0.25) is 9.59 Å². The summed E-state index contributed by atoms with van der Waals surface area (Å²) < 4.78 is 5.20. The van der Waals surface area contributed by atoms with Crippen LogP contribution in [0.25, 0.3) is 11.1 Å². The molecule has 110 valence electrons. The average molecular weight is 295 g/mol. The van der Waals surface area contributed by atoms with Gasteiger partial charge in [0.15, 0.2) is 12.0 Å². The second-order valence-electron chi connectivity index (χ2n) is 4.79. The molecular weight excluding hydrogens is 282 g/mol. The zero-order valence-electron chi connectivity index (χ0n) is 11.6. The molecule has 2 aromatic carbocycles. The lowest BCUT2D eigenvalue weighted by atomic mass is 10.1. The predicted molar refractivity (Wildman–Crippen MR) is 81.3 cm³/mol. The number of nitrogens with one attached hydrogen (secondary N) is 1. The quantitative estimate of drug-likeness (QED) is 0.770. The summed E-state index contributed by atoms with van der Waals surface area (Å²) >= 11 is 0. The van der Waals surface area contributed by atoms with Crippen LogP contribution in [0, 0.1) is 0 Å². The molecule has 0 aliphatic heterocycles. The topological polar surface area (TPSA) is 98.2 Å². The summed E-state index contributed by atoms with van der Waals surface area (Å²) in [6.07, 6.45) is 1.52. The molecule has 22 heavy (non-hydrogen) atoms. The van der Waals surface area contributed by atoms with Gasteiger partial charge in [0.05, 0.1) is 17.7 Å². The van der Waals surface area contributed by atoms with Crippen molar-refractivity contribution in [1.82, 2.24) is 4.98 Å². The van der Waals surface area contributed by atoms with E-state index in [4.69, 9.17) is 10.2 Å². The number of carbonyl (C=O) groups excluding carboxylic acids is 2. The Balaban J connectivity index is 1.76. The molecular formula is C16H13N3O3. The molecule has 0 fully saturated rings. The summed E-state index contributed by atoms with van der Waals surface area (Å²) in [5, 5.41) is 2.70. The smallest absolute Gasteiger partial charge is 0.250 e. The van der Waals surface area contributed by atoms with Gasteiger partial charge in [-0.05, 0) is 29.8 Å². The Morgan fingerprint density at radius 2 is 2.00 bits per heavy atom. The predicted octanol–water partition coefficient (Wildman–Crippen LogP) is 2.11. The summed E-state index contributed by atoms with van der Waals surface area (Å²) in [5.74, 6) is -0.827. The first kappa shape index (κ1) is 13.8. The number of rotatable bonds is 4. The minimum atomic E-state index is -0.584. The molecule has 0 spiro atoms. The van der Waals surface area contributed by atoms with Crippen molar-refractivity contribution in [2.75, 3.05) is 5.32 Å². The van der Waals surface area contributed by atoms with Crippen LogP contribution in [0.1, 0.15) is 15.9 Å². The molecule has 3 aromatic rings. The van der Waals surface area contributed by atoms with Crippen molar-refractivity contribution in [2.24, 2.45) is 5.73 Å². The third-order valence-electron chi connectivity index (χ3n) is 3.23. The highest BCUT2D eigenvalue weighted by atomic mass is 16.3. The number of amides is 2. The molecule has 0 unspecified atom stereocenters. The molecule has 0 aliphatic carbocycles. The molecule has 0 atom stereocenters. The maximum absolute atomic E-state index is 12.1. The van der Waals surface area contributed by atoms with Crippen LogP contribution < -0.4 is 11.1 Å². The highest BCUT2D eigenvalue weighted by Crippen LogP contribution is 2.17. The lowest BCUT2D eigenvalue weighted by Gasteiger charge is -2.08. The number of hydrogen-bond donors (Lipinski definition) is 2. The summed E-state index contributed by atoms with van der Waals surface area (Å²) in [7, 11) is 0. The Hall–Kier alpha value is -3.15. The fourth-order valence-electron chi connectivity index (χ4n) is 2.20. The zero-order chi connectivity index (χ0) is 15.5. The van der Waals surface area contributed by atoms with Gasteiger partial charge in [0.1, 0.15) is 5.52 Å². The third-order valence-corrected chi connectivity index (χ3v) is 3.23. The van der Waals surface area contributed by atoms with E-state index in [1.54, 1.807) is 36.4 Å². The standard InChI is InChI=1S/C16H13N3O3/c17-16(21)11-3-1-2-4-12(11)19-15(20)8-10-5-6-13-14(7-10)22-9-18-13/h1-7,9H,8H2,(H2,17,21)(H,19,20). The van der Waals surface area contributed by atoms with Gasteiger partial charge in [-0.15, -0.1) is 0 Å². The average Bonchev–Trinajstić information content (AvgIpc) is 2.95. The molecule has 0 radical (unpaired) electrons. The Morgan fingerprint density at radius 3 is 2.82 bits per heavy atom. The number of aromatic nitrogens is 1. The first-order valence-corrected chi connectivity index (χ1v) is 6.64. The largest absolute Gasteiger partial charge is 0.443 e. The summed E-state index contributed by atoms with van der Waals surface area (Å²) in [6, 6.07) is 12.0. The number of hydrogen-bond acceptors (Lipinski definition) is 4. The Kier molecular flexibility index (Phi) is 3.57. The van der Waals surface area contributed by atoms with Crippen molar-refractivity contribution >= 4 is 28.6 Å². The SMILES string of the molecule is NC(=O)c1ccccc1NC(=O)Cc1ccc2ncoc2c1. The van der Waals surface area contributed by atoms with Crippen LogP contribution in [0.4, 0.5) is 5.69 Å².